The van der Waals surface area contributed by atoms with Crippen LogP contribution in [0.2, 0.25) is 0 Å². The molecule has 3 aromatic rings. The summed E-state index contributed by atoms with van der Waals surface area (Å²) in [6.07, 6.45) is -0.498. The fourth-order valence-corrected chi connectivity index (χ4v) is 6.01. The van der Waals surface area contributed by atoms with E-state index in [0.29, 0.717) is 5.75 Å². The predicted octanol–water partition coefficient (Wildman–Crippen LogP) is 10.9. The molecule has 41 heavy (non-hydrogen) atoms. The Morgan fingerprint density at radius 2 is 1.00 bits per heavy atom. The summed E-state index contributed by atoms with van der Waals surface area (Å²) in [5.74, 6) is 0.665. The van der Waals surface area contributed by atoms with E-state index in [-0.39, 0.29) is 21.7 Å². The lowest BCUT2D eigenvalue weighted by atomic mass is 9.77. The fourth-order valence-electron chi connectivity index (χ4n) is 5.24. The van der Waals surface area contributed by atoms with Crippen molar-refractivity contribution in [1.82, 2.24) is 0 Å². The minimum Gasteiger partial charge on any atom is -0.427 e. The van der Waals surface area contributed by atoms with Crippen LogP contribution in [0, 0.1) is 13.8 Å². The smallest absolute Gasteiger partial charge is 0.395 e. The molecule has 0 fully saturated rings. The van der Waals surface area contributed by atoms with Gasteiger partial charge in [0.05, 0.1) is 0 Å². The quantitative estimate of drug-likeness (QED) is 0.297. The van der Waals surface area contributed by atoms with Gasteiger partial charge in [-0.1, -0.05) is 143 Å². The summed E-state index contributed by atoms with van der Waals surface area (Å²) < 4.78 is 13.0. The molecule has 3 aromatic carbocycles. The first-order chi connectivity index (χ1) is 18.6. The topological polar surface area (TPSA) is 38.7 Å². The van der Waals surface area contributed by atoms with Crippen LogP contribution in [0.25, 0.3) is 0 Å². The maximum Gasteiger partial charge on any atom is 0.395 e. The minimum absolute atomic E-state index is 0.00761. The lowest BCUT2D eigenvalue weighted by Crippen LogP contribution is -2.22. The minimum atomic E-state index is -2.26. The van der Waals surface area contributed by atoms with E-state index in [4.69, 9.17) is 9.05 Å². The third-order valence-corrected chi connectivity index (χ3v) is 8.37. The lowest BCUT2D eigenvalue weighted by Gasteiger charge is -2.33. The Kier molecular flexibility index (Phi) is 9.61. The van der Waals surface area contributed by atoms with Gasteiger partial charge in [0.2, 0.25) is 0 Å². The Bertz CT molecular complexity index is 1300. The van der Waals surface area contributed by atoms with E-state index in [0.717, 1.165) is 16.7 Å². The average Bonchev–Trinajstić information content (AvgIpc) is 2.80. The second-order valence-electron chi connectivity index (χ2n) is 15.7. The molecule has 0 spiro atoms. The highest BCUT2D eigenvalue weighted by Gasteiger charge is 2.33. The third kappa shape index (κ3) is 8.22. The van der Waals surface area contributed by atoms with Crippen molar-refractivity contribution in [2.75, 3.05) is 0 Å². The largest absolute Gasteiger partial charge is 0.427 e. The van der Waals surface area contributed by atoms with Crippen LogP contribution in [0.1, 0.15) is 134 Å². The van der Waals surface area contributed by atoms with Gasteiger partial charge in [-0.2, -0.15) is 0 Å². The standard InChI is InChI=1S/C37H53O3P/c1-24-15-18-27(29(21-24)35(6,7)8)33(28-19-16-25(2)22-30(28)36(9,10)11)40-41(38)39-32-20-17-26(34(3,4)5)23-31(32)37(12,13)14/h15-23,33,38H,1-14H3. The van der Waals surface area contributed by atoms with Gasteiger partial charge in [0.1, 0.15) is 11.9 Å². The molecule has 1 atom stereocenters. The molecule has 1 unspecified atom stereocenters. The van der Waals surface area contributed by atoms with Gasteiger partial charge in [0.15, 0.2) is 0 Å². The van der Waals surface area contributed by atoms with Crippen molar-refractivity contribution in [3.8, 4) is 5.75 Å². The van der Waals surface area contributed by atoms with Crippen LogP contribution in [-0.4, -0.2) is 4.89 Å². The van der Waals surface area contributed by atoms with E-state index in [1.165, 1.54) is 27.8 Å². The zero-order valence-electron chi connectivity index (χ0n) is 28.0. The molecular weight excluding hydrogens is 523 g/mol. The summed E-state index contributed by atoms with van der Waals surface area (Å²) in [6.45, 7) is 30.8. The molecule has 0 heterocycles. The van der Waals surface area contributed by atoms with Crippen LogP contribution < -0.4 is 4.52 Å². The highest BCUT2D eigenvalue weighted by Crippen LogP contribution is 2.49. The van der Waals surface area contributed by atoms with Gasteiger partial charge in [-0.25, -0.2) is 0 Å². The van der Waals surface area contributed by atoms with Crippen LogP contribution in [0.4, 0.5) is 0 Å². The van der Waals surface area contributed by atoms with Crippen molar-refractivity contribution >= 4 is 8.60 Å². The summed E-state index contributed by atoms with van der Waals surface area (Å²) in [5.41, 5.74) is 8.83. The Morgan fingerprint density at radius 3 is 1.39 bits per heavy atom. The van der Waals surface area contributed by atoms with E-state index in [1.807, 2.05) is 6.07 Å². The molecule has 1 N–H and O–H groups in total. The van der Waals surface area contributed by atoms with E-state index in [1.54, 1.807) is 0 Å². The Hall–Kier alpha value is -2.19. The normalized spacial score (nSPS) is 14.0. The van der Waals surface area contributed by atoms with Gasteiger partial charge < -0.3 is 9.42 Å². The average molecular weight is 577 g/mol. The molecule has 0 saturated carbocycles. The molecule has 3 rings (SSSR count). The molecular formula is C37H53O3P. The van der Waals surface area contributed by atoms with E-state index in [9.17, 15) is 4.89 Å². The predicted molar refractivity (Wildman–Crippen MR) is 176 cm³/mol. The second-order valence-corrected chi connectivity index (χ2v) is 16.6. The Balaban J connectivity index is 2.16. The van der Waals surface area contributed by atoms with Crippen molar-refractivity contribution in [2.45, 2.75) is 125 Å². The third-order valence-electron chi connectivity index (χ3n) is 7.62. The fraction of sp³-hybridized carbons (Fsp3) is 0.514. The molecule has 0 radical (unpaired) electrons. The first-order valence-corrected chi connectivity index (χ1v) is 15.9. The van der Waals surface area contributed by atoms with Crippen molar-refractivity contribution in [2.24, 2.45) is 0 Å². The highest BCUT2D eigenvalue weighted by atomic mass is 31.2. The number of hydrogen-bond acceptors (Lipinski definition) is 3. The van der Waals surface area contributed by atoms with Gasteiger partial charge in [-0.05, 0) is 69.4 Å². The van der Waals surface area contributed by atoms with Gasteiger partial charge in [0, 0.05) is 5.56 Å². The van der Waals surface area contributed by atoms with Crippen molar-refractivity contribution in [3.63, 3.8) is 0 Å². The second kappa shape index (κ2) is 11.8. The molecule has 0 saturated heterocycles. The van der Waals surface area contributed by atoms with Gasteiger partial charge >= 0.3 is 8.60 Å². The van der Waals surface area contributed by atoms with Gasteiger partial charge in [0.25, 0.3) is 0 Å². The summed E-state index contributed by atoms with van der Waals surface area (Å²) in [6, 6.07) is 19.4. The van der Waals surface area contributed by atoms with Crippen LogP contribution >= 0.6 is 8.60 Å². The summed E-state index contributed by atoms with van der Waals surface area (Å²) in [4.78, 5) is 11.5. The SMILES string of the molecule is Cc1ccc(C(OP(O)Oc2ccc(C(C)(C)C)cc2C(C)(C)C)c2ccc(C)cc2C(C)(C)C)c(C(C)(C)C)c1. The lowest BCUT2D eigenvalue weighted by molar-refractivity contribution is 0.204. The highest BCUT2D eigenvalue weighted by molar-refractivity contribution is 7.41. The Morgan fingerprint density at radius 1 is 0.561 bits per heavy atom. The molecule has 0 aromatic heterocycles. The number of hydrogen-bond donors (Lipinski definition) is 1. The molecule has 0 aliphatic carbocycles. The molecule has 0 aliphatic rings. The first kappa shape index (κ1) is 33.3. The van der Waals surface area contributed by atoms with E-state index < -0.39 is 14.7 Å². The van der Waals surface area contributed by atoms with Gasteiger partial charge in [-0.3, -0.25) is 4.52 Å². The monoisotopic (exact) mass is 576 g/mol. The van der Waals surface area contributed by atoms with Crippen LogP contribution in [0.15, 0.2) is 54.6 Å². The molecule has 0 aliphatic heterocycles. The molecule has 4 heteroatoms. The van der Waals surface area contributed by atoms with Crippen molar-refractivity contribution in [1.29, 1.82) is 0 Å². The molecule has 0 bridgehead atoms. The molecule has 3 nitrogen and oxygen atoms in total. The Labute approximate surface area is 251 Å². The van der Waals surface area contributed by atoms with E-state index >= 15 is 0 Å². The maximum absolute atomic E-state index is 11.5. The van der Waals surface area contributed by atoms with Crippen LogP contribution in [-0.2, 0) is 26.2 Å². The number of aryl methyl sites for hydroxylation is 2. The molecule has 224 valence electrons. The van der Waals surface area contributed by atoms with Gasteiger partial charge in [-0.15, -0.1) is 0 Å². The molecule has 0 amide bonds. The zero-order chi connectivity index (χ0) is 31.1. The van der Waals surface area contributed by atoms with Crippen molar-refractivity contribution < 1.29 is 13.9 Å². The number of benzene rings is 3. The summed E-state index contributed by atoms with van der Waals surface area (Å²) in [5, 5.41) is 0. The summed E-state index contributed by atoms with van der Waals surface area (Å²) in [7, 11) is -2.26. The first-order valence-electron chi connectivity index (χ1n) is 14.8. The zero-order valence-corrected chi connectivity index (χ0v) is 28.9. The van der Waals surface area contributed by atoms with Crippen molar-refractivity contribution in [3.05, 3.63) is 99.1 Å². The van der Waals surface area contributed by atoms with Crippen LogP contribution in [0.3, 0.4) is 0 Å². The van der Waals surface area contributed by atoms with E-state index in [2.05, 4.69) is 145 Å². The van der Waals surface area contributed by atoms with Crippen LogP contribution in [0.5, 0.6) is 5.75 Å². The summed E-state index contributed by atoms with van der Waals surface area (Å²) >= 11 is 0. The number of rotatable bonds is 6. The maximum atomic E-state index is 11.5.